The molecule has 4 heteroatoms. The van der Waals surface area contributed by atoms with Crippen LogP contribution in [0.5, 0.6) is 0 Å². The van der Waals surface area contributed by atoms with Crippen molar-refractivity contribution in [3.8, 4) is 0 Å². The van der Waals surface area contributed by atoms with Gasteiger partial charge in [-0.2, -0.15) is 0 Å². The average Bonchev–Trinajstić information content (AvgIpc) is 2.80. The molecule has 0 radical (unpaired) electrons. The summed E-state index contributed by atoms with van der Waals surface area (Å²) >= 11 is 5.93. The highest BCUT2D eigenvalue weighted by molar-refractivity contribution is 6.29. The lowest BCUT2D eigenvalue weighted by atomic mass is 10.2. The van der Waals surface area contributed by atoms with Gasteiger partial charge in [0.15, 0.2) is 0 Å². The zero-order chi connectivity index (χ0) is 14.7. The number of hydrogen-bond acceptors (Lipinski definition) is 3. The summed E-state index contributed by atoms with van der Waals surface area (Å²) in [5, 5.41) is 4.10. The molecule has 2 atom stereocenters. The molecular formula is C17H20ClN3. The molecule has 2 heterocycles. The lowest BCUT2D eigenvalue weighted by Gasteiger charge is -2.21. The van der Waals surface area contributed by atoms with Crippen molar-refractivity contribution < 1.29 is 0 Å². The van der Waals surface area contributed by atoms with E-state index >= 15 is 0 Å². The highest BCUT2D eigenvalue weighted by Gasteiger charge is 2.28. The van der Waals surface area contributed by atoms with Gasteiger partial charge in [-0.1, -0.05) is 41.9 Å². The Bertz CT molecular complexity index is 588. The van der Waals surface area contributed by atoms with Crippen LogP contribution in [0.15, 0.2) is 48.7 Å². The van der Waals surface area contributed by atoms with E-state index in [0.29, 0.717) is 17.2 Å². The van der Waals surface area contributed by atoms with Crippen molar-refractivity contribution in [3.63, 3.8) is 0 Å². The predicted molar refractivity (Wildman–Crippen MR) is 87.6 cm³/mol. The van der Waals surface area contributed by atoms with E-state index in [1.165, 1.54) is 5.56 Å². The first-order chi connectivity index (χ1) is 10.2. The Morgan fingerprint density at radius 1 is 1.29 bits per heavy atom. The smallest absolute Gasteiger partial charge is 0.131 e. The van der Waals surface area contributed by atoms with E-state index in [2.05, 4.69) is 52.5 Å². The van der Waals surface area contributed by atoms with Crippen molar-refractivity contribution in [3.05, 3.63) is 59.4 Å². The highest BCUT2D eigenvalue weighted by Crippen LogP contribution is 2.23. The number of nitrogens with zero attached hydrogens (tertiary/aromatic N) is 2. The molecule has 0 bridgehead atoms. The second kappa shape index (κ2) is 6.46. The van der Waals surface area contributed by atoms with Crippen molar-refractivity contribution in [1.29, 1.82) is 0 Å². The molecule has 0 spiro atoms. The lowest BCUT2D eigenvalue weighted by molar-refractivity contribution is 0.259. The first-order valence-corrected chi connectivity index (χ1v) is 7.74. The molecule has 1 fully saturated rings. The van der Waals surface area contributed by atoms with Crippen LogP contribution in [-0.2, 0) is 6.54 Å². The number of pyridine rings is 1. The van der Waals surface area contributed by atoms with Gasteiger partial charge in [-0.15, -0.1) is 0 Å². The number of anilines is 1. The van der Waals surface area contributed by atoms with Gasteiger partial charge in [0.1, 0.15) is 5.15 Å². The standard InChI is InChI=1S/C17H20ClN3/c1-13-9-16(20-15-7-8-19-17(18)10-15)12-21(13)11-14-5-3-2-4-6-14/h2-8,10,13,16H,9,11-12H2,1H3,(H,19,20). The topological polar surface area (TPSA) is 28.2 Å². The molecule has 1 aliphatic rings. The van der Waals surface area contributed by atoms with Gasteiger partial charge in [-0.05, 0) is 31.0 Å². The largest absolute Gasteiger partial charge is 0.381 e. The summed E-state index contributed by atoms with van der Waals surface area (Å²) in [5.41, 5.74) is 2.42. The summed E-state index contributed by atoms with van der Waals surface area (Å²) in [6.07, 6.45) is 2.89. The summed E-state index contributed by atoms with van der Waals surface area (Å²) < 4.78 is 0. The van der Waals surface area contributed by atoms with E-state index < -0.39 is 0 Å². The normalized spacial score (nSPS) is 22.4. The van der Waals surface area contributed by atoms with Crippen LogP contribution < -0.4 is 5.32 Å². The maximum Gasteiger partial charge on any atom is 0.131 e. The number of likely N-dealkylation sites (tertiary alicyclic amines) is 1. The quantitative estimate of drug-likeness (QED) is 0.870. The van der Waals surface area contributed by atoms with Crippen molar-refractivity contribution in [2.75, 3.05) is 11.9 Å². The molecule has 0 amide bonds. The lowest BCUT2D eigenvalue weighted by Crippen LogP contribution is -2.28. The molecular weight excluding hydrogens is 282 g/mol. The number of halogens is 1. The minimum Gasteiger partial charge on any atom is -0.381 e. The van der Waals surface area contributed by atoms with Crippen molar-refractivity contribution >= 4 is 17.3 Å². The van der Waals surface area contributed by atoms with Crippen LogP contribution in [-0.4, -0.2) is 28.5 Å². The van der Waals surface area contributed by atoms with Gasteiger partial charge in [-0.3, -0.25) is 4.90 Å². The van der Waals surface area contributed by atoms with Gasteiger partial charge in [-0.25, -0.2) is 4.98 Å². The van der Waals surface area contributed by atoms with E-state index in [-0.39, 0.29) is 0 Å². The van der Waals surface area contributed by atoms with E-state index in [1.54, 1.807) is 6.20 Å². The third kappa shape index (κ3) is 3.74. The molecule has 1 N–H and O–H groups in total. The number of hydrogen-bond donors (Lipinski definition) is 1. The van der Waals surface area contributed by atoms with E-state index in [1.807, 2.05) is 12.1 Å². The monoisotopic (exact) mass is 301 g/mol. The first kappa shape index (κ1) is 14.4. The molecule has 1 aromatic carbocycles. The fraction of sp³-hybridized carbons (Fsp3) is 0.353. The minimum atomic E-state index is 0.460. The SMILES string of the molecule is CC1CC(Nc2ccnc(Cl)c2)CN1Cc1ccccc1. The molecule has 0 saturated carbocycles. The van der Waals surface area contributed by atoms with Crippen LogP contribution in [0.4, 0.5) is 5.69 Å². The number of nitrogens with one attached hydrogen (secondary N) is 1. The Balaban J connectivity index is 1.61. The van der Waals surface area contributed by atoms with Gasteiger partial charge in [0.2, 0.25) is 0 Å². The average molecular weight is 302 g/mol. The molecule has 21 heavy (non-hydrogen) atoms. The Morgan fingerprint density at radius 3 is 2.86 bits per heavy atom. The van der Waals surface area contributed by atoms with E-state index in [4.69, 9.17) is 11.6 Å². The van der Waals surface area contributed by atoms with Crippen LogP contribution in [0.2, 0.25) is 5.15 Å². The Hall–Kier alpha value is -1.58. The predicted octanol–water partition coefficient (Wildman–Crippen LogP) is 3.81. The highest BCUT2D eigenvalue weighted by atomic mass is 35.5. The number of aromatic nitrogens is 1. The summed E-state index contributed by atoms with van der Waals surface area (Å²) in [6, 6.07) is 15.5. The van der Waals surface area contributed by atoms with Gasteiger partial charge in [0.05, 0.1) is 0 Å². The zero-order valence-corrected chi connectivity index (χ0v) is 12.9. The van der Waals surface area contributed by atoms with Crippen molar-refractivity contribution in [1.82, 2.24) is 9.88 Å². The van der Waals surface area contributed by atoms with Gasteiger partial charge >= 0.3 is 0 Å². The van der Waals surface area contributed by atoms with E-state index in [9.17, 15) is 0 Å². The summed E-state index contributed by atoms with van der Waals surface area (Å²) in [5.74, 6) is 0. The van der Waals surface area contributed by atoms with Gasteiger partial charge in [0.25, 0.3) is 0 Å². The molecule has 1 aliphatic heterocycles. The Kier molecular flexibility index (Phi) is 4.42. The molecule has 1 saturated heterocycles. The maximum atomic E-state index is 5.93. The maximum absolute atomic E-state index is 5.93. The van der Waals surface area contributed by atoms with Crippen LogP contribution in [0.3, 0.4) is 0 Å². The first-order valence-electron chi connectivity index (χ1n) is 7.37. The molecule has 2 unspecified atom stereocenters. The van der Waals surface area contributed by atoms with Crippen LogP contribution >= 0.6 is 11.6 Å². The van der Waals surface area contributed by atoms with Gasteiger partial charge < -0.3 is 5.32 Å². The minimum absolute atomic E-state index is 0.460. The summed E-state index contributed by atoms with van der Waals surface area (Å²) in [7, 11) is 0. The third-order valence-electron chi connectivity index (χ3n) is 4.03. The van der Waals surface area contributed by atoms with Crippen LogP contribution in [0.1, 0.15) is 18.9 Å². The van der Waals surface area contributed by atoms with Crippen molar-refractivity contribution in [2.24, 2.45) is 0 Å². The van der Waals surface area contributed by atoms with Crippen molar-refractivity contribution in [2.45, 2.75) is 32.0 Å². The molecule has 3 rings (SSSR count). The number of rotatable bonds is 4. The zero-order valence-electron chi connectivity index (χ0n) is 12.2. The molecule has 0 aliphatic carbocycles. The second-order valence-corrected chi connectivity index (χ2v) is 6.10. The Morgan fingerprint density at radius 2 is 2.10 bits per heavy atom. The van der Waals surface area contributed by atoms with Crippen LogP contribution in [0.25, 0.3) is 0 Å². The van der Waals surface area contributed by atoms with Gasteiger partial charge in [0, 0.05) is 37.1 Å². The molecule has 110 valence electrons. The fourth-order valence-corrected chi connectivity index (χ4v) is 3.14. The Labute approximate surface area is 131 Å². The summed E-state index contributed by atoms with van der Waals surface area (Å²) in [6.45, 7) is 4.36. The molecule has 1 aromatic heterocycles. The second-order valence-electron chi connectivity index (χ2n) is 5.71. The summed E-state index contributed by atoms with van der Waals surface area (Å²) in [4.78, 5) is 6.54. The molecule has 2 aromatic rings. The fourth-order valence-electron chi connectivity index (χ4n) is 2.97. The van der Waals surface area contributed by atoms with Crippen LogP contribution in [0, 0.1) is 0 Å². The molecule has 3 nitrogen and oxygen atoms in total. The third-order valence-corrected chi connectivity index (χ3v) is 4.24. The number of benzene rings is 1. The van der Waals surface area contributed by atoms with E-state index in [0.717, 1.165) is 25.2 Å².